The Kier molecular flexibility index (Phi) is 7.60. The van der Waals surface area contributed by atoms with Crippen molar-refractivity contribution in [3.8, 4) is 0 Å². The van der Waals surface area contributed by atoms with Gasteiger partial charge >= 0.3 is 0 Å². The highest BCUT2D eigenvalue weighted by Crippen LogP contribution is 2.16. The number of aliphatic imine (C=N–C) groups is 1. The van der Waals surface area contributed by atoms with Gasteiger partial charge in [0.2, 0.25) is 5.96 Å². The van der Waals surface area contributed by atoms with Crippen LogP contribution in [0.1, 0.15) is 53.0 Å². The third kappa shape index (κ3) is 5.81. The number of anilines is 1. The van der Waals surface area contributed by atoms with E-state index in [1.54, 1.807) is 0 Å². The second-order valence-electron chi connectivity index (χ2n) is 7.57. The van der Waals surface area contributed by atoms with Gasteiger partial charge in [0.15, 0.2) is 0 Å². The van der Waals surface area contributed by atoms with E-state index < -0.39 is 0 Å². The molecule has 0 bridgehead atoms. The number of amides is 1. The smallest absolute Gasteiger partial charge is 0.258 e. The highest BCUT2D eigenvalue weighted by atomic mass is 16.1. The van der Waals surface area contributed by atoms with Crippen LogP contribution in [-0.4, -0.2) is 21.6 Å². The average Bonchev–Trinajstić information content (AvgIpc) is 3.12. The molecule has 0 saturated heterocycles. The lowest BCUT2D eigenvalue weighted by molar-refractivity contribution is 0.0976. The fourth-order valence-electron chi connectivity index (χ4n) is 3.41. The fourth-order valence-corrected chi connectivity index (χ4v) is 3.41. The zero-order valence-electron chi connectivity index (χ0n) is 18.8. The van der Waals surface area contributed by atoms with Crippen LogP contribution in [-0.2, 0) is 19.5 Å². The van der Waals surface area contributed by atoms with Gasteiger partial charge in [-0.15, -0.1) is 0 Å². The van der Waals surface area contributed by atoms with Gasteiger partial charge in [-0.3, -0.25) is 14.8 Å². The van der Waals surface area contributed by atoms with E-state index in [2.05, 4.69) is 35.6 Å². The summed E-state index contributed by atoms with van der Waals surface area (Å²) in [6.07, 6.45) is 3.94. The molecule has 0 spiro atoms. The van der Waals surface area contributed by atoms with Crippen LogP contribution in [0.5, 0.6) is 0 Å². The van der Waals surface area contributed by atoms with Gasteiger partial charge in [-0.2, -0.15) is 5.10 Å². The zero-order valence-corrected chi connectivity index (χ0v) is 18.8. The first-order valence-corrected chi connectivity index (χ1v) is 10.8. The molecule has 1 amide bonds. The second-order valence-corrected chi connectivity index (χ2v) is 7.57. The predicted octanol–water partition coefficient (Wildman–Crippen LogP) is 4.87. The quantitative estimate of drug-likeness (QED) is 0.425. The number of nitrogens with one attached hydrogen (secondary N) is 2. The van der Waals surface area contributed by atoms with Crippen LogP contribution in [0.2, 0.25) is 0 Å². The largest absolute Gasteiger partial charge is 0.326 e. The summed E-state index contributed by atoms with van der Waals surface area (Å²) in [6, 6.07) is 15.6. The number of para-hydroxylation sites is 1. The van der Waals surface area contributed by atoms with Crippen molar-refractivity contribution in [1.82, 2.24) is 15.1 Å². The molecule has 0 aliphatic heterocycles. The molecule has 2 aromatic carbocycles. The van der Waals surface area contributed by atoms with Gasteiger partial charge in [0.25, 0.3) is 5.91 Å². The van der Waals surface area contributed by atoms with Crippen molar-refractivity contribution >= 4 is 17.6 Å². The summed E-state index contributed by atoms with van der Waals surface area (Å²) >= 11 is 0. The SMILES string of the molecule is CCCn1cc(CN=C(NC(=O)c2ccccc2C)Nc2ccccc2CC)c(C)n1. The minimum atomic E-state index is -0.184. The van der Waals surface area contributed by atoms with Crippen molar-refractivity contribution in [2.24, 2.45) is 4.99 Å². The monoisotopic (exact) mass is 417 g/mol. The molecule has 162 valence electrons. The summed E-state index contributed by atoms with van der Waals surface area (Å²) in [5.41, 5.74) is 5.65. The summed E-state index contributed by atoms with van der Waals surface area (Å²) < 4.78 is 1.95. The predicted molar refractivity (Wildman–Crippen MR) is 126 cm³/mol. The molecule has 2 N–H and O–H groups in total. The van der Waals surface area contributed by atoms with E-state index in [1.807, 2.05) is 67.2 Å². The Bertz CT molecular complexity index is 1070. The molecule has 0 aliphatic carbocycles. The number of aromatic nitrogens is 2. The highest BCUT2D eigenvalue weighted by Gasteiger charge is 2.13. The molecule has 3 aromatic rings. The maximum atomic E-state index is 12.9. The number of rotatable bonds is 7. The van der Waals surface area contributed by atoms with Crippen molar-refractivity contribution in [2.75, 3.05) is 5.32 Å². The average molecular weight is 418 g/mol. The highest BCUT2D eigenvalue weighted by molar-refractivity contribution is 6.10. The van der Waals surface area contributed by atoms with Gasteiger partial charge in [0, 0.05) is 29.6 Å². The van der Waals surface area contributed by atoms with E-state index in [9.17, 15) is 4.79 Å². The van der Waals surface area contributed by atoms with Gasteiger partial charge < -0.3 is 5.32 Å². The van der Waals surface area contributed by atoms with Crippen LogP contribution < -0.4 is 10.6 Å². The Balaban J connectivity index is 1.87. The number of hydrogen-bond donors (Lipinski definition) is 2. The van der Waals surface area contributed by atoms with E-state index in [1.165, 1.54) is 0 Å². The molecule has 0 atom stereocenters. The standard InChI is InChI=1S/C25H31N5O/c1-5-15-30-17-21(19(4)29-30)16-26-25(27-23-14-10-8-12-20(23)6-2)28-24(31)22-13-9-7-11-18(22)3/h7-14,17H,5-6,15-16H2,1-4H3,(H2,26,27,28,31). The van der Waals surface area contributed by atoms with Crippen molar-refractivity contribution in [2.45, 2.75) is 53.6 Å². The molecule has 3 rings (SSSR count). The molecular formula is C25H31N5O. The number of nitrogens with zero attached hydrogens (tertiary/aromatic N) is 3. The Hall–Kier alpha value is -3.41. The van der Waals surface area contributed by atoms with Gasteiger partial charge in [0.1, 0.15) is 0 Å². The Morgan fingerprint density at radius 1 is 1.03 bits per heavy atom. The van der Waals surface area contributed by atoms with E-state index in [0.29, 0.717) is 18.1 Å². The first kappa shape index (κ1) is 22.3. The van der Waals surface area contributed by atoms with Crippen molar-refractivity contribution in [1.29, 1.82) is 0 Å². The van der Waals surface area contributed by atoms with Crippen LogP contribution in [0, 0.1) is 13.8 Å². The number of benzene rings is 2. The Morgan fingerprint density at radius 3 is 2.52 bits per heavy atom. The minimum Gasteiger partial charge on any atom is -0.326 e. The van der Waals surface area contributed by atoms with Crippen LogP contribution in [0.3, 0.4) is 0 Å². The lowest BCUT2D eigenvalue weighted by Crippen LogP contribution is -2.36. The number of guanidine groups is 1. The van der Waals surface area contributed by atoms with Gasteiger partial charge in [-0.1, -0.05) is 50.2 Å². The normalized spacial score (nSPS) is 11.4. The van der Waals surface area contributed by atoms with Crippen LogP contribution in [0.25, 0.3) is 0 Å². The third-order valence-corrected chi connectivity index (χ3v) is 5.18. The third-order valence-electron chi connectivity index (χ3n) is 5.18. The Labute approximate surface area is 184 Å². The van der Waals surface area contributed by atoms with Crippen molar-refractivity contribution < 1.29 is 4.79 Å². The van der Waals surface area contributed by atoms with E-state index in [-0.39, 0.29) is 5.91 Å². The summed E-state index contributed by atoms with van der Waals surface area (Å²) in [6.45, 7) is 9.46. The molecule has 0 fully saturated rings. The summed E-state index contributed by atoms with van der Waals surface area (Å²) in [5, 5.41) is 10.8. The molecule has 0 unspecified atom stereocenters. The first-order valence-electron chi connectivity index (χ1n) is 10.8. The number of hydrogen-bond acceptors (Lipinski definition) is 3. The molecule has 1 heterocycles. The Morgan fingerprint density at radius 2 is 1.77 bits per heavy atom. The van der Waals surface area contributed by atoms with E-state index in [0.717, 1.165) is 47.5 Å². The second kappa shape index (κ2) is 10.6. The molecule has 31 heavy (non-hydrogen) atoms. The van der Waals surface area contributed by atoms with Gasteiger partial charge in [0.05, 0.1) is 12.2 Å². The molecule has 6 nitrogen and oxygen atoms in total. The van der Waals surface area contributed by atoms with E-state index >= 15 is 0 Å². The zero-order chi connectivity index (χ0) is 22.2. The summed E-state index contributed by atoms with van der Waals surface area (Å²) in [4.78, 5) is 17.7. The summed E-state index contributed by atoms with van der Waals surface area (Å²) in [7, 11) is 0. The maximum Gasteiger partial charge on any atom is 0.258 e. The molecule has 0 aliphatic rings. The molecule has 0 saturated carbocycles. The van der Waals surface area contributed by atoms with E-state index in [4.69, 9.17) is 4.99 Å². The van der Waals surface area contributed by atoms with Crippen LogP contribution >= 0.6 is 0 Å². The molecule has 0 radical (unpaired) electrons. The van der Waals surface area contributed by atoms with Crippen LogP contribution in [0.15, 0.2) is 59.7 Å². The van der Waals surface area contributed by atoms with Crippen molar-refractivity contribution in [3.63, 3.8) is 0 Å². The van der Waals surface area contributed by atoms with Crippen LogP contribution in [0.4, 0.5) is 5.69 Å². The number of carbonyl (C=O) groups is 1. The lowest BCUT2D eigenvalue weighted by Gasteiger charge is -2.15. The van der Waals surface area contributed by atoms with Gasteiger partial charge in [-0.25, -0.2) is 4.99 Å². The van der Waals surface area contributed by atoms with Gasteiger partial charge in [-0.05, 0) is 49.9 Å². The summed E-state index contributed by atoms with van der Waals surface area (Å²) in [5.74, 6) is 0.244. The number of aryl methyl sites for hydroxylation is 4. The molecule has 1 aromatic heterocycles. The molecular weight excluding hydrogens is 386 g/mol. The fraction of sp³-hybridized carbons (Fsp3) is 0.320. The maximum absolute atomic E-state index is 12.9. The topological polar surface area (TPSA) is 71.3 Å². The number of carbonyl (C=O) groups excluding carboxylic acids is 1. The first-order chi connectivity index (χ1) is 15.0. The minimum absolute atomic E-state index is 0.184. The van der Waals surface area contributed by atoms with Crippen molar-refractivity contribution in [3.05, 3.63) is 82.7 Å². The molecule has 6 heteroatoms. The lowest BCUT2D eigenvalue weighted by atomic mass is 10.1.